The highest BCUT2D eigenvalue weighted by molar-refractivity contribution is 9.10. The van der Waals surface area contributed by atoms with Crippen molar-refractivity contribution in [2.45, 2.75) is 102 Å². The Labute approximate surface area is 336 Å². The molecule has 2 amide bonds. The van der Waals surface area contributed by atoms with Gasteiger partial charge < -0.3 is 21.7 Å². The van der Waals surface area contributed by atoms with E-state index in [9.17, 15) is 19.2 Å². The predicted octanol–water partition coefficient (Wildman–Crippen LogP) is 6.63. The third-order valence-corrected chi connectivity index (χ3v) is 11.4. The van der Waals surface area contributed by atoms with E-state index in [2.05, 4.69) is 51.8 Å². The number of amides is 2. The smallest absolute Gasteiger partial charge is 0.276 e. The Morgan fingerprint density at radius 2 is 1.24 bits per heavy atom. The third kappa shape index (κ3) is 7.86. The molecule has 0 bridgehead atoms. The van der Waals surface area contributed by atoms with Gasteiger partial charge in [0.05, 0.1) is 14.5 Å². The van der Waals surface area contributed by atoms with Gasteiger partial charge in [-0.25, -0.2) is 19.9 Å². The minimum Gasteiger partial charge on any atom is -0.383 e. The second kappa shape index (κ2) is 17.2. The number of rotatable bonds is 4. The number of carbonyl (C=O) groups is 2. The van der Waals surface area contributed by atoms with Gasteiger partial charge in [0.2, 0.25) is 0 Å². The Kier molecular flexibility index (Phi) is 13.1. The molecule has 0 unspecified atom stereocenters. The van der Waals surface area contributed by atoms with E-state index in [1.165, 1.54) is 24.8 Å². The lowest BCUT2D eigenvalue weighted by Crippen LogP contribution is -2.48. The van der Waals surface area contributed by atoms with Crippen LogP contribution in [0.25, 0.3) is 0 Å². The number of hydrogen-bond acceptors (Lipinski definition) is 10. The molecule has 5 N–H and O–H groups in total. The van der Waals surface area contributed by atoms with Crippen molar-refractivity contribution in [1.82, 2.24) is 39.7 Å². The van der Waals surface area contributed by atoms with Crippen LogP contribution in [0.4, 0.5) is 17.3 Å². The lowest BCUT2D eigenvalue weighted by Gasteiger charge is -2.35. The van der Waals surface area contributed by atoms with E-state index >= 15 is 0 Å². The van der Waals surface area contributed by atoms with Crippen LogP contribution in [-0.2, 0) is 24.2 Å². The fourth-order valence-electron chi connectivity index (χ4n) is 7.59. The van der Waals surface area contributed by atoms with E-state index in [0.717, 1.165) is 88.2 Å². The largest absolute Gasteiger partial charge is 0.383 e. The van der Waals surface area contributed by atoms with Crippen LogP contribution in [0.15, 0.2) is 51.2 Å². The monoisotopic (exact) mass is 862 g/mol. The molecule has 4 aliphatic rings. The molecule has 0 aromatic carbocycles. The molecule has 0 atom stereocenters. The molecular formula is C36H42BrCl3N10O4. The molecule has 18 heteroatoms. The number of aryl methyl sites for hydroxylation is 2. The van der Waals surface area contributed by atoms with Crippen LogP contribution < -0.4 is 32.8 Å². The summed E-state index contributed by atoms with van der Waals surface area (Å²) in [4.78, 5) is 66.0. The standard InChI is InChI=1S/C18H20ClN5O2.C12H12BrClN2O2.C6H9N3.ClH/c1-2-11-9-20-10-21-15(11)22-13-8-12(19)14-16(25)23-18(24(14)17(13)26)6-4-3-5-7-18;13-7-6-8(14)9-10(17)15-12(16(9)11(7)18)4-2-1-3-5-12;1-2-5-3-8-4-9-6(5)7;/h8-10H,2-7H2,1H3,(H,23,25)(H,20,21,22);6H,1-5H2,(H,15,17);3-4H,2H2,1H3,(H2,7,8,9);1H. The molecule has 54 heavy (non-hydrogen) atoms. The highest BCUT2D eigenvalue weighted by Gasteiger charge is 2.46. The van der Waals surface area contributed by atoms with Gasteiger partial charge in [0, 0.05) is 23.5 Å². The molecule has 2 fully saturated rings. The second-order valence-electron chi connectivity index (χ2n) is 13.5. The fraction of sp³-hybridized carbons (Fsp3) is 0.444. The summed E-state index contributed by atoms with van der Waals surface area (Å²) in [6, 6.07) is 3.01. The molecule has 288 valence electrons. The summed E-state index contributed by atoms with van der Waals surface area (Å²) in [7, 11) is 0. The number of hydrogen-bond donors (Lipinski definition) is 4. The van der Waals surface area contributed by atoms with Crippen LogP contribution in [-0.4, -0.2) is 40.9 Å². The van der Waals surface area contributed by atoms with E-state index in [4.69, 9.17) is 28.9 Å². The molecule has 6 heterocycles. The van der Waals surface area contributed by atoms with Crippen LogP contribution in [0.1, 0.15) is 110 Å². The Balaban J connectivity index is 0.000000173. The molecular weight excluding hydrogens is 823 g/mol. The summed E-state index contributed by atoms with van der Waals surface area (Å²) in [6.07, 6.45) is 17.2. The third-order valence-electron chi connectivity index (χ3n) is 10.2. The van der Waals surface area contributed by atoms with Crippen LogP contribution in [0.3, 0.4) is 0 Å². The summed E-state index contributed by atoms with van der Waals surface area (Å²) >= 11 is 15.7. The predicted molar refractivity (Wildman–Crippen MR) is 214 cm³/mol. The van der Waals surface area contributed by atoms with E-state index in [1.807, 2.05) is 13.8 Å². The maximum atomic E-state index is 13.2. The number of aromatic nitrogens is 6. The van der Waals surface area contributed by atoms with Gasteiger partial charge in [-0.15, -0.1) is 12.4 Å². The fourth-order valence-corrected chi connectivity index (χ4v) is 8.69. The van der Waals surface area contributed by atoms with Crippen molar-refractivity contribution >= 4 is 80.7 Å². The molecule has 0 radical (unpaired) electrons. The first kappa shape index (κ1) is 41.1. The number of nitrogen functional groups attached to an aromatic ring is 1. The molecule has 14 nitrogen and oxygen atoms in total. The van der Waals surface area contributed by atoms with Gasteiger partial charge in [0.1, 0.15) is 52.7 Å². The van der Waals surface area contributed by atoms with Crippen molar-refractivity contribution in [3.8, 4) is 0 Å². The van der Waals surface area contributed by atoms with Gasteiger partial charge in [-0.3, -0.25) is 28.3 Å². The quantitative estimate of drug-likeness (QED) is 0.173. The van der Waals surface area contributed by atoms with Crippen LogP contribution >= 0.6 is 51.5 Å². The average Bonchev–Trinajstić information content (AvgIpc) is 3.60. The molecule has 2 aliphatic carbocycles. The van der Waals surface area contributed by atoms with E-state index in [0.29, 0.717) is 32.5 Å². The first-order valence-electron chi connectivity index (χ1n) is 17.8. The highest BCUT2D eigenvalue weighted by Crippen LogP contribution is 2.40. The van der Waals surface area contributed by atoms with Gasteiger partial charge in [-0.05, 0) is 92.3 Å². The zero-order valence-corrected chi connectivity index (χ0v) is 33.8. The number of carbonyl (C=O) groups excluding carboxylic acids is 2. The molecule has 2 aliphatic heterocycles. The summed E-state index contributed by atoms with van der Waals surface area (Å²) < 4.78 is 3.52. The SMILES string of the molecule is CCc1cncnc1N.CCc1cncnc1Nc1cc(Cl)c2n(c1=O)C1(CCCCC1)NC2=O.Cl.O=C1NC2(CCCCC2)n2c1c(Cl)cc(Br)c2=O. The lowest BCUT2D eigenvalue weighted by atomic mass is 9.89. The van der Waals surface area contributed by atoms with Gasteiger partial charge in [-0.2, -0.15) is 0 Å². The summed E-state index contributed by atoms with van der Waals surface area (Å²) in [5, 5.41) is 9.65. The Bertz CT molecular complexity index is 2170. The van der Waals surface area contributed by atoms with Crippen molar-refractivity contribution in [1.29, 1.82) is 0 Å². The number of fused-ring (bicyclic) bond motifs is 4. The van der Waals surface area contributed by atoms with Crippen molar-refractivity contribution in [3.63, 3.8) is 0 Å². The number of anilines is 3. The maximum absolute atomic E-state index is 13.2. The molecule has 2 spiro atoms. The normalized spacial score (nSPS) is 17.1. The minimum absolute atomic E-state index is 0. The van der Waals surface area contributed by atoms with Crippen molar-refractivity contribution in [2.75, 3.05) is 11.1 Å². The van der Waals surface area contributed by atoms with E-state index in [1.54, 1.807) is 21.5 Å². The Morgan fingerprint density at radius 3 is 1.74 bits per heavy atom. The number of halogens is 4. The Morgan fingerprint density at radius 1 is 0.759 bits per heavy atom. The molecule has 0 saturated heterocycles. The van der Waals surface area contributed by atoms with Crippen LogP contribution in [0, 0.1) is 0 Å². The first-order chi connectivity index (χ1) is 25.4. The van der Waals surface area contributed by atoms with Crippen molar-refractivity contribution < 1.29 is 9.59 Å². The highest BCUT2D eigenvalue weighted by atomic mass is 79.9. The zero-order chi connectivity index (χ0) is 37.9. The average molecular weight is 865 g/mol. The molecule has 4 aromatic rings. The maximum Gasteiger partial charge on any atom is 0.276 e. The zero-order valence-electron chi connectivity index (χ0n) is 29.9. The van der Waals surface area contributed by atoms with Crippen LogP contribution in [0.5, 0.6) is 0 Å². The minimum atomic E-state index is -0.664. The van der Waals surface area contributed by atoms with Gasteiger partial charge in [0.25, 0.3) is 22.9 Å². The summed E-state index contributed by atoms with van der Waals surface area (Å²) in [5.74, 6) is 0.641. The van der Waals surface area contributed by atoms with Gasteiger partial charge in [0.15, 0.2) is 0 Å². The van der Waals surface area contributed by atoms with Gasteiger partial charge in [-0.1, -0.05) is 49.9 Å². The number of nitrogens with zero attached hydrogens (tertiary/aromatic N) is 6. The molecule has 2 saturated carbocycles. The summed E-state index contributed by atoms with van der Waals surface area (Å²) in [5.41, 5.74) is 6.58. The van der Waals surface area contributed by atoms with Crippen molar-refractivity contribution in [3.05, 3.63) is 94.9 Å². The molecule has 4 aromatic heterocycles. The summed E-state index contributed by atoms with van der Waals surface area (Å²) in [6.45, 7) is 4.01. The number of nitrogens with two attached hydrogens (primary N) is 1. The van der Waals surface area contributed by atoms with Gasteiger partial charge >= 0.3 is 0 Å². The topological polar surface area (TPSA) is 192 Å². The molecule has 8 rings (SSSR count). The second-order valence-corrected chi connectivity index (χ2v) is 15.1. The Hall–Kier alpha value is -4.05. The van der Waals surface area contributed by atoms with Crippen LogP contribution in [0.2, 0.25) is 10.0 Å². The first-order valence-corrected chi connectivity index (χ1v) is 19.3. The van der Waals surface area contributed by atoms with E-state index < -0.39 is 11.3 Å². The number of nitrogens with one attached hydrogen (secondary N) is 3. The van der Waals surface area contributed by atoms with E-state index in [-0.39, 0.29) is 46.1 Å². The lowest BCUT2D eigenvalue weighted by molar-refractivity contribution is 0.0867. The number of pyridine rings is 2. The van der Waals surface area contributed by atoms with Crippen molar-refractivity contribution in [2.24, 2.45) is 0 Å².